The normalized spacial score (nSPS) is 10.5. The van der Waals surface area contributed by atoms with Crippen molar-refractivity contribution in [2.75, 3.05) is 7.11 Å². The van der Waals surface area contributed by atoms with E-state index in [4.69, 9.17) is 9.47 Å². The largest absolute Gasteiger partial charge is 0.493 e. The Morgan fingerprint density at radius 3 is 2.42 bits per heavy atom. The molecule has 0 saturated heterocycles. The maximum Gasteiger partial charge on any atom is 0.280 e. The molecule has 2 rings (SSSR count). The molecular weight excluding hydrogens is 252 g/mol. The van der Waals surface area contributed by atoms with Gasteiger partial charge in [0.1, 0.15) is 12.3 Å². The van der Waals surface area contributed by atoms with Gasteiger partial charge in [-0.25, -0.2) is 8.78 Å². The summed E-state index contributed by atoms with van der Waals surface area (Å²) in [5.74, 6) is 1.22. The molecule has 1 aromatic carbocycles. The predicted octanol–water partition coefficient (Wildman–Crippen LogP) is 3.61. The Morgan fingerprint density at radius 1 is 1.11 bits per heavy atom. The molecule has 2 aromatic rings. The van der Waals surface area contributed by atoms with Crippen LogP contribution < -0.4 is 9.47 Å². The number of nitrogens with zero attached hydrogens (tertiary/aromatic N) is 1. The number of halogens is 2. The number of para-hydroxylation sites is 2. The topological polar surface area (TPSA) is 31.4 Å². The molecule has 1 aromatic heterocycles. The second-order valence-electron chi connectivity index (χ2n) is 3.83. The molecule has 0 amide bonds. The SMILES string of the molecule is COc1ccccc1OCc1ccc(C(F)F)nc1. The third-order valence-corrected chi connectivity index (χ3v) is 2.53. The van der Waals surface area contributed by atoms with Crippen LogP contribution in [0, 0.1) is 0 Å². The Kier molecular flexibility index (Phi) is 4.28. The number of alkyl halides is 2. The molecule has 5 heteroatoms. The molecule has 0 aliphatic rings. The van der Waals surface area contributed by atoms with Gasteiger partial charge in [-0.15, -0.1) is 0 Å². The van der Waals surface area contributed by atoms with Crippen LogP contribution in [0.1, 0.15) is 17.7 Å². The third-order valence-electron chi connectivity index (χ3n) is 2.53. The third kappa shape index (κ3) is 3.40. The molecule has 0 spiro atoms. The van der Waals surface area contributed by atoms with Crippen LogP contribution in [0.2, 0.25) is 0 Å². The van der Waals surface area contributed by atoms with Crippen molar-refractivity contribution in [1.29, 1.82) is 0 Å². The number of ether oxygens (including phenoxy) is 2. The predicted molar refractivity (Wildman–Crippen MR) is 66.5 cm³/mol. The van der Waals surface area contributed by atoms with Gasteiger partial charge in [0.05, 0.1) is 7.11 Å². The van der Waals surface area contributed by atoms with Gasteiger partial charge in [-0.05, 0) is 18.2 Å². The summed E-state index contributed by atoms with van der Waals surface area (Å²) in [4.78, 5) is 3.67. The first-order valence-corrected chi connectivity index (χ1v) is 5.69. The monoisotopic (exact) mass is 265 g/mol. The summed E-state index contributed by atoms with van der Waals surface area (Å²) in [5.41, 5.74) is 0.483. The van der Waals surface area contributed by atoms with Crippen LogP contribution in [-0.4, -0.2) is 12.1 Å². The van der Waals surface area contributed by atoms with E-state index in [1.165, 1.54) is 12.3 Å². The number of hydrogen-bond donors (Lipinski definition) is 0. The Hall–Kier alpha value is -2.17. The van der Waals surface area contributed by atoms with Gasteiger partial charge in [0, 0.05) is 11.8 Å². The standard InChI is InChI=1S/C14H13F2NO2/c1-18-12-4-2-3-5-13(12)19-9-10-6-7-11(14(15)16)17-8-10/h2-8,14H,9H2,1H3. The highest BCUT2D eigenvalue weighted by Gasteiger charge is 2.08. The number of benzene rings is 1. The molecule has 0 unspecified atom stereocenters. The van der Waals surface area contributed by atoms with E-state index in [1.807, 2.05) is 12.1 Å². The molecule has 0 aliphatic heterocycles. The van der Waals surface area contributed by atoms with Crippen LogP contribution >= 0.6 is 0 Å². The summed E-state index contributed by atoms with van der Waals surface area (Å²) in [6, 6.07) is 10.1. The molecule has 100 valence electrons. The average molecular weight is 265 g/mol. The van der Waals surface area contributed by atoms with Crippen molar-refractivity contribution in [3.05, 3.63) is 53.9 Å². The highest BCUT2D eigenvalue weighted by molar-refractivity contribution is 5.39. The lowest BCUT2D eigenvalue weighted by atomic mass is 10.2. The zero-order valence-electron chi connectivity index (χ0n) is 10.3. The maximum atomic E-state index is 12.3. The fourth-order valence-electron chi connectivity index (χ4n) is 1.55. The number of hydrogen-bond acceptors (Lipinski definition) is 3. The van der Waals surface area contributed by atoms with Gasteiger partial charge in [0.2, 0.25) is 0 Å². The summed E-state index contributed by atoms with van der Waals surface area (Å²) in [6.45, 7) is 0.247. The molecule has 0 saturated carbocycles. The van der Waals surface area contributed by atoms with Crippen LogP contribution in [0.4, 0.5) is 8.78 Å². The fraction of sp³-hybridized carbons (Fsp3) is 0.214. The van der Waals surface area contributed by atoms with Crippen molar-refractivity contribution >= 4 is 0 Å². The molecule has 0 N–H and O–H groups in total. The Labute approximate surface area is 109 Å². The van der Waals surface area contributed by atoms with Crippen molar-refractivity contribution in [2.24, 2.45) is 0 Å². The van der Waals surface area contributed by atoms with Crippen molar-refractivity contribution in [3.63, 3.8) is 0 Å². The Bertz CT molecular complexity index is 529. The highest BCUT2D eigenvalue weighted by Crippen LogP contribution is 2.26. The zero-order chi connectivity index (χ0) is 13.7. The molecule has 0 fully saturated rings. The second kappa shape index (κ2) is 6.13. The van der Waals surface area contributed by atoms with Crippen molar-refractivity contribution in [2.45, 2.75) is 13.0 Å². The summed E-state index contributed by atoms with van der Waals surface area (Å²) < 4.78 is 35.4. The second-order valence-corrected chi connectivity index (χ2v) is 3.83. The lowest BCUT2D eigenvalue weighted by Gasteiger charge is -2.10. The fourth-order valence-corrected chi connectivity index (χ4v) is 1.55. The van der Waals surface area contributed by atoms with E-state index in [0.29, 0.717) is 11.5 Å². The number of methoxy groups -OCH3 is 1. The first-order valence-electron chi connectivity index (χ1n) is 5.69. The number of pyridine rings is 1. The van der Waals surface area contributed by atoms with Gasteiger partial charge in [-0.2, -0.15) is 0 Å². The summed E-state index contributed by atoms with van der Waals surface area (Å²) in [5, 5.41) is 0. The van der Waals surface area contributed by atoms with E-state index in [-0.39, 0.29) is 12.3 Å². The molecule has 19 heavy (non-hydrogen) atoms. The first-order chi connectivity index (χ1) is 9.20. The van der Waals surface area contributed by atoms with Crippen LogP contribution in [0.3, 0.4) is 0 Å². The molecule has 1 heterocycles. The lowest BCUT2D eigenvalue weighted by molar-refractivity contribution is 0.146. The molecule has 3 nitrogen and oxygen atoms in total. The van der Waals surface area contributed by atoms with E-state index in [9.17, 15) is 8.78 Å². The van der Waals surface area contributed by atoms with Gasteiger partial charge in [-0.3, -0.25) is 4.98 Å². The van der Waals surface area contributed by atoms with Crippen molar-refractivity contribution < 1.29 is 18.3 Å². The minimum atomic E-state index is -2.55. The van der Waals surface area contributed by atoms with Crippen molar-refractivity contribution in [1.82, 2.24) is 4.98 Å². The minimum Gasteiger partial charge on any atom is -0.493 e. The molecule has 0 atom stereocenters. The smallest absolute Gasteiger partial charge is 0.280 e. The first kappa shape index (κ1) is 13.3. The summed E-state index contributed by atoms with van der Waals surface area (Å²) in [7, 11) is 1.56. The summed E-state index contributed by atoms with van der Waals surface area (Å²) >= 11 is 0. The van der Waals surface area contributed by atoms with E-state index < -0.39 is 6.43 Å². The van der Waals surface area contributed by atoms with Crippen LogP contribution in [-0.2, 0) is 6.61 Å². The van der Waals surface area contributed by atoms with E-state index >= 15 is 0 Å². The maximum absolute atomic E-state index is 12.3. The Balaban J connectivity index is 2.02. The average Bonchev–Trinajstić information content (AvgIpc) is 2.45. The quantitative estimate of drug-likeness (QED) is 0.827. The highest BCUT2D eigenvalue weighted by atomic mass is 19.3. The van der Waals surface area contributed by atoms with Gasteiger partial charge in [0.25, 0.3) is 6.43 Å². The van der Waals surface area contributed by atoms with Crippen LogP contribution in [0.25, 0.3) is 0 Å². The Morgan fingerprint density at radius 2 is 1.84 bits per heavy atom. The van der Waals surface area contributed by atoms with Crippen molar-refractivity contribution in [3.8, 4) is 11.5 Å². The molecule has 0 bridgehead atoms. The van der Waals surface area contributed by atoms with Crippen LogP contribution in [0.15, 0.2) is 42.6 Å². The zero-order valence-corrected chi connectivity index (χ0v) is 10.3. The van der Waals surface area contributed by atoms with E-state index in [2.05, 4.69) is 4.98 Å². The van der Waals surface area contributed by atoms with Gasteiger partial charge >= 0.3 is 0 Å². The van der Waals surface area contributed by atoms with Gasteiger partial charge in [0.15, 0.2) is 11.5 Å². The molecular formula is C14H13F2NO2. The molecule has 0 radical (unpaired) electrons. The van der Waals surface area contributed by atoms with Gasteiger partial charge < -0.3 is 9.47 Å². The van der Waals surface area contributed by atoms with Crippen LogP contribution in [0.5, 0.6) is 11.5 Å². The minimum absolute atomic E-state index is 0.235. The summed E-state index contributed by atoms with van der Waals surface area (Å²) in [6.07, 6.45) is -1.17. The number of rotatable bonds is 5. The van der Waals surface area contributed by atoms with E-state index in [1.54, 1.807) is 25.3 Å². The van der Waals surface area contributed by atoms with E-state index in [0.717, 1.165) is 5.56 Å². The van der Waals surface area contributed by atoms with Gasteiger partial charge in [-0.1, -0.05) is 18.2 Å². The lowest BCUT2D eigenvalue weighted by Crippen LogP contribution is -1.99. The number of aromatic nitrogens is 1. The molecule has 0 aliphatic carbocycles.